The molecule has 0 saturated heterocycles. The molecule has 0 aliphatic rings. The smallest absolute Gasteiger partial charge is 0.224 e. The number of amides is 1. The summed E-state index contributed by atoms with van der Waals surface area (Å²) in [6.45, 7) is 0.554. The number of nitrogens with zero attached hydrogens (tertiary/aromatic N) is 2. The van der Waals surface area contributed by atoms with Crippen LogP contribution in [0.25, 0.3) is 11.0 Å². The predicted octanol–water partition coefficient (Wildman–Crippen LogP) is 6.44. The third-order valence-corrected chi connectivity index (χ3v) is 6.55. The molecule has 0 atom stereocenters. The minimum atomic E-state index is -0.266. The van der Waals surface area contributed by atoms with Gasteiger partial charge in [0.1, 0.15) is 29.3 Å². The van der Waals surface area contributed by atoms with E-state index in [0.29, 0.717) is 76.7 Å². The number of fused-ring (bicyclic) bond motifs is 1. The number of halogens is 1. The highest BCUT2D eigenvalue weighted by Gasteiger charge is 2.21. The van der Waals surface area contributed by atoms with Crippen LogP contribution in [0.3, 0.4) is 0 Å². The normalized spacial score (nSPS) is 10.8. The Kier molecular flexibility index (Phi) is 8.22. The van der Waals surface area contributed by atoms with Crippen LogP contribution in [0.4, 0.5) is 17.2 Å². The Hall–Kier alpha value is -4.89. The number of ketones is 1. The minimum Gasteiger partial charge on any atom is -0.457 e. The third-order valence-electron chi connectivity index (χ3n) is 6.24. The molecule has 2 aromatic heterocycles. The molecule has 0 aliphatic heterocycles. The van der Waals surface area contributed by atoms with E-state index in [-0.39, 0.29) is 16.7 Å². The van der Waals surface area contributed by atoms with Gasteiger partial charge < -0.3 is 26.1 Å². The molecule has 0 saturated carbocycles. The zero-order valence-electron chi connectivity index (χ0n) is 21.5. The number of rotatable bonds is 11. The lowest BCUT2D eigenvalue weighted by atomic mass is 10.0. The minimum absolute atomic E-state index is 0.0992. The Labute approximate surface area is 235 Å². The molecular weight excluding hydrogens is 528 g/mol. The first-order valence-electron chi connectivity index (χ1n) is 12.8. The summed E-state index contributed by atoms with van der Waals surface area (Å²) in [4.78, 5) is 37.4. The Morgan fingerprint density at radius 2 is 1.73 bits per heavy atom. The van der Waals surface area contributed by atoms with Gasteiger partial charge in [0.15, 0.2) is 5.78 Å². The predicted molar refractivity (Wildman–Crippen MR) is 157 cm³/mol. The number of aromatic amines is 1. The Bertz CT molecular complexity index is 1650. The van der Waals surface area contributed by atoms with Crippen molar-refractivity contribution in [2.75, 3.05) is 22.9 Å². The molecule has 0 spiro atoms. The maximum absolute atomic E-state index is 13.5. The van der Waals surface area contributed by atoms with Crippen LogP contribution < -0.4 is 21.1 Å². The molecule has 40 heavy (non-hydrogen) atoms. The number of hydrogen-bond acceptors (Lipinski definition) is 7. The first-order chi connectivity index (χ1) is 19.5. The van der Waals surface area contributed by atoms with Gasteiger partial charge in [-0.1, -0.05) is 41.9 Å². The lowest BCUT2D eigenvalue weighted by molar-refractivity contribution is -0.116. The molecule has 0 bridgehead atoms. The molecule has 202 valence electrons. The Morgan fingerprint density at radius 3 is 2.52 bits per heavy atom. The topological polar surface area (TPSA) is 135 Å². The van der Waals surface area contributed by atoms with E-state index < -0.39 is 0 Å². The van der Waals surface area contributed by atoms with Crippen LogP contribution in [0.2, 0.25) is 5.02 Å². The van der Waals surface area contributed by atoms with Crippen molar-refractivity contribution < 1.29 is 14.3 Å². The van der Waals surface area contributed by atoms with Gasteiger partial charge in [0.05, 0.1) is 27.3 Å². The monoisotopic (exact) mass is 554 g/mol. The molecule has 0 fully saturated rings. The van der Waals surface area contributed by atoms with Gasteiger partial charge >= 0.3 is 0 Å². The van der Waals surface area contributed by atoms with E-state index in [4.69, 9.17) is 22.1 Å². The van der Waals surface area contributed by atoms with Gasteiger partial charge in [-0.05, 0) is 49.2 Å². The highest BCUT2D eigenvalue weighted by Crippen LogP contribution is 2.31. The van der Waals surface area contributed by atoms with E-state index in [1.807, 2.05) is 42.5 Å². The second kappa shape index (κ2) is 12.3. The van der Waals surface area contributed by atoms with Crippen molar-refractivity contribution in [3.63, 3.8) is 0 Å². The fourth-order valence-electron chi connectivity index (χ4n) is 4.23. The molecular formula is C30H27ClN6O3. The van der Waals surface area contributed by atoms with Crippen molar-refractivity contribution in [2.24, 2.45) is 0 Å². The zero-order chi connectivity index (χ0) is 27.9. The standard InChI is InChI=1S/C30H27ClN6O3/c31-23-16-20(40-19-8-2-1-3-9-19)13-14-21(23)28(39)22-17-34-30-27(22)29(35-18-36-30)33-15-7-6-12-26(38)37-25-11-5-4-10-24(25)32/h1-5,8-11,13-14,16-18H,6-7,12,15,32H2,(H,37,38)(H2,33,34,35,36). The van der Waals surface area contributed by atoms with Crippen LogP contribution in [0.1, 0.15) is 35.2 Å². The number of unbranched alkanes of at least 4 members (excludes halogenated alkanes) is 1. The SMILES string of the molecule is Nc1ccccc1NC(=O)CCCCNc1ncnc2[nH]cc(C(=O)c3ccc(Oc4ccccc4)cc3Cl)c12. The molecule has 5 N–H and O–H groups in total. The van der Waals surface area contributed by atoms with E-state index in [0.717, 1.165) is 0 Å². The molecule has 5 aromatic rings. The van der Waals surface area contributed by atoms with Crippen LogP contribution in [0, 0.1) is 0 Å². The number of carbonyl (C=O) groups is 2. The van der Waals surface area contributed by atoms with Crippen molar-refractivity contribution in [3.8, 4) is 11.5 Å². The van der Waals surface area contributed by atoms with Crippen molar-refractivity contribution in [2.45, 2.75) is 19.3 Å². The Balaban J connectivity index is 1.22. The molecule has 2 heterocycles. The molecule has 9 nitrogen and oxygen atoms in total. The maximum atomic E-state index is 13.5. The maximum Gasteiger partial charge on any atom is 0.224 e. The summed E-state index contributed by atoms with van der Waals surface area (Å²) in [6.07, 6.45) is 4.76. The number of para-hydroxylation sites is 3. The van der Waals surface area contributed by atoms with Crippen molar-refractivity contribution in [1.29, 1.82) is 0 Å². The molecule has 10 heteroatoms. The largest absolute Gasteiger partial charge is 0.457 e. The van der Waals surface area contributed by atoms with Gasteiger partial charge in [-0.15, -0.1) is 0 Å². The Morgan fingerprint density at radius 1 is 0.925 bits per heavy atom. The number of benzene rings is 3. The summed E-state index contributed by atoms with van der Waals surface area (Å²) in [5.41, 5.74) is 8.28. The van der Waals surface area contributed by atoms with E-state index >= 15 is 0 Å². The molecule has 0 unspecified atom stereocenters. The number of aromatic nitrogens is 3. The number of H-pyrrole nitrogens is 1. The number of ether oxygens (including phenoxy) is 1. The van der Waals surface area contributed by atoms with Gasteiger partial charge in [-0.25, -0.2) is 9.97 Å². The van der Waals surface area contributed by atoms with Crippen LogP contribution in [-0.4, -0.2) is 33.2 Å². The van der Waals surface area contributed by atoms with Gasteiger partial charge in [-0.2, -0.15) is 0 Å². The van der Waals surface area contributed by atoms with Gasteiger partial charge in [-0.3, -0.25) is 9.59 Å². The molecule has 1 amide bonds. The van der Waals surface area contributed by atoms with Crippen LogP contribution in [0.15, 0.2) is 85.3 Å². The number of carbonyl (C=O) groups excluding carboxylic acids is 2. The lowest BCUT2D eigenvalue weighted by Crippen LogP contribution is -2.13. The number of nitrogens with one attached hydrogen (secondary N) is 3. The number of anilines is 3. The van der Waals surface area contributed by atoms with Crippen LogP contribution in [0.5, 0.6) is 11.5 Å². The molecule has 5 rings (SSSR count). The number of nitrogen functional groups attached to an aromatic ring is 1. The number of nitrogens with two attached hydrogens (primary N) is 1. The summed E-state index contributed by atoms with van der Waals surface area (Å²) in [7, 11) is 0. The van der Waals surface area contributed by atoms with E-state index in [2.05, 4.69) is 25.6 Å². The van der Waals surface area contributed by atoms with E-state index in [1.54, 1.807) is 36.5 Å². The zero-order valence-corrected chi connectivity index (χ0v) is 22.2. The van der Waals surface area contributed by atoms with Gasteiger partial charge in [0, 0.05) is 30.8 Å². The van der Waals surface area contributed by atoms with Crippen LogP contribution in [-0.2, 0) is 4.79 Å². The van der Waals surface area contributed by atoms with Gasteiger partial charge in [0.25, 0.3) is 0 Å². The summed E-state index contributed by atoms with van der Waals surface area (Å²) in [5, 5.41) is 6.95. The highest BCUT2D eigenvalue weighted by molar-refractivity contribution is 6.35. The fourth-order valence-corrected chi connectivity index (χ4v) is 4.49. The fraction of sp³-hybridized carbons (Fsp3) is 0.133. The van der Waals surface area contributed by atoms with Gasteiger partial charge in [0.2, 0.25) is 5.91 Å². The highest BCUT2D eigenvalue weighted by atomic mass is 35.5. The quantitative estimate of drug-likeness (QED) is 0.0838. The lowest BCUT2D eigenvalue weighted by Gasteiger charge is -2.10. The molecule has 3 aromatic carbocycles. The molecule has 0 aliphatic carbocycles. The van der Waals surface area contributed by atoms with Crippen LogP contribution >= 0.6 is 11.6 Å². The average molecular weight is 555 g/mol. The van der Waals surface area contributed by atoms with Crippen molar-refractivity contribution >= 4 is 51.5 Å². The van der Waals surface area contributed by atoms with Crippen molar-refractivity contribution in [3.05, 3.63) is 101 Å². The summed E-state index contributed by atoms with van der Waals surface area (Å²) >= 11 is 6.50. The summed E-state index contributed by atoms with van der Waals surface area (Å²) < 4.78 is 5.83. The summed E-state index contributed by atoms with van der Waals surface area (Å²) in [6, 6.07) is 21.4. The van der Waals surface area contributed by atoms with Crippen molar-refractivity contribution in [1.82, 2.24) is 15.0 Å². The second-order valence-corrected chi connectivity index (χ2v) is 9.46. The molecule has 0 radical (unpaired) electrons. The first-order valence-corrected chi connectivity index (χ1v) is 13.1. The number of hydrogen-bond donors (Lipinski definition) is 4. The van der Waals surface area contributed by atoms with E-state index in [9.17, 15) is 9.59 Å². The van der Waals surface area contributed by atoms with E-state index in [1.165, 1.54) is 6.33 Å². The third kappa shape index (κ3) is 6.22. The first kappa shape index (κ1) is 26.7. The second-order valence-electron chi connectivity index (χ2n) is 9.05. The average Bonchev–Trinajstić information content (AvgIpc) is 3.40. The summed E-state index contributed by atoms with van der Waals surface area (Å²) in [5.74, 6) is 1.35.